The fourth-order valence-electron chi connectivity index (χ4n) is 5.17. The Morgan fingerprint density at radius 3 is 2.68 bits per heavy atom. The molecule has 5 rings (SSSR count). The number of rotatable bonds is 5. The van der Waals surface area contributed by atoms with E-state index in [1.54, 1.807) is 14.0 Å². The van der Waals surface area contributed by atoms with Gasteiger partial charge in [0.2, 0.25) is 0 Å². The second kappa shape index (κ2) is 7.89. The number of cyclic esters (lactones) is 1. The van der Waals surface area contributed by atoms with Crippen molar-refractivity contribution < 1.29 is 23.8 Å². The van der Waals surface area contributed by atoms with Crippen molar-refractivity contribution in [1.82, 2.24) is 9.13 Å². The second-order valence-corrected chi connectivity index (χ2v) is 8.72. The number of hydrogen-bond donors (Lipinski definition) is 1. The minimum atomic E-state index is -1.97. The average molecular weight is 468 g/mol. The Bertz CT molecular complexity index is 1490. The predicted molar refractivity (Wildman–Crippen MR) is 122 cm³/mol. The fraction of sp³-hybridized carbons (Fsp3) is 0.400. The van der Waals surface area contributed by atoms with Gasteiger partial charge in [0.25, 0.3) is 5.56 Å². The molecule has 0 aliphatic carbocycles. The first-order valence-electron chi connectivity index (χ1n) is 11.3. The van der Waals surface area contributed by atoms with Crippen molar-refractivity contribution in [3.63, 3.8) is 0 Å². The van der Waals surface area contributed by atoms with Gasteiger partial charge in [0.05, 0.1) is 41.2 Å². The molecule has 2 aliphatic heterocycles. The Morgan fingerprint density at radius 1 is 1.21 bits per heavy atom. The summed E-state index contributed by atoms with van der Waals surface area (Å²) < 4.78 is 28.3. The quantitative estimate of drug-likeness (QED) is 0.356. The maximum Gasteiger partial charge on any atom is 0.343 e. The summed E-state index contributed by atoms with van der Waals surface area (Å²) in [4.78, 5) is 39.4. The topological polar surface area (TPSA) is 99.8 Å². The van der Waals surface area contributed by atoms with Crippen LogP contribution in [0.2, 0.25) is 0 Å². The van der Waals surface area contributed by atoms with Crippen LogP contribution >= 0.6 is 0 Å². The van der Waals surface area contributed by atoms with Crippen molar-refractivity contribution in [2.75, 3.05) is 13.2 Å². The van der Waals surface area contributed by atoms with Gasteiger partial charge in [-0.1, -0.05) is 6.92 Å². The summed E-state index contributed by atoms with van der Waals surface area (Å²) >= 11 is 0. The molecule has 9 heteroatoms. The highest BCUT2D eigenvalue weighted by Crippen LogP contribution is 2.38. The number of pyridine rings is 2. The first-order chi connectivity index (χ1) is 16.2. The molecule has 3 aromatic rings. The number of esters is 1. The van der Waals surface area contributed by atoms with E-state index in [4.69, 9.17) is 9.47 Å². The third kappa shape index (κ3) is 3.00. The number of aromatic nitrogens is 2. The molecule has 0 saturated carbocycles. The van der Waals surface area contributed by atoms with E-state index in [1.807, 2.05) is 11.5 Å². The van der Waals surface area contributed by atoms with Gasteiger partial charge in [-0.3, -0.25) is 9.59 Å². The van der Waals surface area contributed by atoms with Crippen LogP contribution in [-0.2, 0) is 46.5 Å². The minimum absolute atomic E-state index is 0.0126. The highest BCUT2D eigenvalue weighted by atomic mass is 19.1. The molecule has 34 heavy (non-hydrogen) atoms. The molecule has 0 spiro atoms. The lowest BCUT2D eigenvalue weighted by molar-refractivity contribution is -0.172. The Hall–Kier alpha value is -3.30. The number of halogens is 1. The van der Waals surface area contributed by atoms with Crippen LogP contribution in [0, 0.1) is 5.82 Å². The number of aliphatic hydroxyl groups is 1. The molecule has 0 bridgehead atoms. The molecule has 2 aromatic heterocycles. The number of hydrogen-bond acceptors (Lipinski definition) is 6. The number of ether oxygens (including phenoxy) is 2. The third-order valence-electron chi connectivity index (χ3n) is 6.98. The molecule has 2 aliphatic rings. The lowest BCUT2D eigenvalue weighted by atomic mass is 9.85. The fourth-order valence-corrected chi connectivity index (χ4v) is 5.17. The molecule has 8 nitrogen and oxygen atoms in total. The summed E-state index contributed by atoms with van der Waals surface area (Å²) in [5, 5.41) is 11.2. The van der Waals surface area contributed by atoms with Gasteiger partial charge in [0.1, 0.15) is 12.4 Å². The molecule has 1 atom stereocenters. The summed E-state index contributed by atoms with van der Waals surface area (Å²) in [6.07, 6.45) is 0.442. The lowest BCUT2D eigenvalue weighted by Crippen LogP contribution is -2.44. The van der Waals surface area contributed by atoms with E-state index in [-0.39, 0.29) is 41.6 Å². The van der Waals surface area contributed by atoms with Crippen molar-refractivity contribution in [2.24, 2.45) is 7.05 Å². The van der Waals surface area contributed by atoms with Crippen LogP contribution in [0.25, 0.3) is 22.2 Å². The normalized spacial score (nSPS) is 18.6. The first kappa shape index (κ1) is 22.5. The number of aryl methyl sites for hydroxylation is 1. The molecule has 1 N–H and O–H groups in total. The van der Waals surface area contributed by atoms with Gasteiger partial charge < -0.3 is 23.7 Å². The van der Waals surface area contributed by atoms with Gasteiger partial charge in [0.15, 0.2) is 11.0 Å². The van der Waals surface area contributed by atoms with E-state index in [1.165, 1.54) is 22.8 Å². The van der Waals surface area contributed by atoms with Crippen molar-refractivity contribution in [3.8, 4) is 11.3 Å². The zero-order chi connectivity index (χ0) is 24.4. The summed E-state index contributed by atoms with van der Waals surface area (Å²) in [7, 11) is 1.79. The molecule has 0 amide bonds. The molecule has 0 unspecified atom stereocenters. The van der Waals surface area contributed by atoms with Gasteiger partial charge in [-0.2, -0.15) is 0 Å². The molecule has 1 aromatic carbocycles. The van der Waals surface area contributed by atoms with Crippen LogP contribution in [0.4, 0.5) is 4.39 Å². The lowest BCUT2D eigenvalue weighted by Gasteiger charge is -2.31. The molecule has 0 radical (unpaired) electrons. The van der Waals surface area contributed by atoms with Crippen LogP contribution in [-0.4, -0.2) is 33.4 Å². The van der Waals surface area contributed by atoms with Crippen LogP contribution < -0.4 is 11.0 Å². The maximum absolute atomic E-state index is 14.5. The smallest absolute Gasteiger partial charge is 0.343 e. The predicted octanol–water partition coefficient (Wildman–Crippen LogP) is 2.10. The Balaban J connectivity index is 1.80. The highest BCUT2D eigenvalue weighted by molar-refractivity contribution is 5.89. The number of carbonyl (C=O) groups excluding carboxylic acids is 1. The number of carbonyl (C=O) groups is 1. The van der Waals surface area contributed by atoms with Gasteiger partial charge in [0, 0.05) is 24.6 Å². The third-order valence-corrected chi connectivity index (χ3v) is 6.98. The highest BCUT2D eigenvalue weighted by Gasteiger charge is 2.45. The molecule has 0 fully saturated rings. The number of fused-ring (bicyclic) bond motifs is 5. The van der Waals surface area contributed by atoms with Crippen molar-refractivity contribution in [3.05, 3.63) is 67.0 Å². The largest absolute Gasteiger partial charge is 0.458 e. The monoisotopic (exact) mass is 468 g/mol. The SMILES string of the molecule is CCOCCc1cc(F)cc2c(=O)c3c(n(C)c12)Cn1c-3cc2c(c1=O)COC(=O)[C@]2(O)CC. The van der Waals surface area contributed by atoms with Gasteiger partial charge in [-0.05, 0) is 43.5 Å². The number of nitrogens with zero attached hydrogens (tertiary/aromatic N) is 2. The van der Waals surface area contributed by atoms with Crippen LogP contribution in [0.15, 0.2) is 27.8 Å². The van der Waals surface area contributed by atoms with Crippen LogP contribution in [0.1, 0.15) is 42.7 Å². The van der Waals surface area contributed by atoms with E-state index in [0.29, 0.717) is 42.1 Å². The standard InChI is InChI=1S/C25H25FN2O6/c1-4-25(32)17-10-18-20-19(11-28(18)23(30)16(17)12-34-24(25)31)27(3)21-13(6-7-33-5-2)8-14(26)9-15(21)22(20)29/h8-10,32H,4-7,11-12H2,1-3H3/t25-/m0/s1. The minimum Gasteiger partial charge on any atom is -0.458 e. The van der Waals surface area contributed by atoms with Crippen molar-refractivity contribution >= 4 is 16.9 Å². The summed E-state index contributed by atoms with van der Waals surface area (Å²) in [6, 6.07) is 4.15. The maximum atomic E-state index is 14.5. The summed E-state index contributed by atoms with van der Waals surface area (Å²) in [5.41, 5.74) is -0.000549. The zero-order valence-electron chi connectivity index (χ0n) is 19.2. The molecule has 4 heterocycles. The molecule has 178 valence electrons. The van der Waals surface area contributed by atoms with Crippen molar-refractivity contribution in [1.29, 1.82) is 0 Å². The Morgan fingerprint density at radius 2 is 1.97 bits per heavy atom. The second-order valence-electron chi connectivity index (χ2n) is 8.72. The van der Waals surface area contributed by atoms with Crippen LogP contribution in [0.5, 0.6) is 0 Å². The van der Waals surface area contributed by atoms with E-state index in [2.05, 4.69) is 0 Å². The zero-order valence-corrected chi connectivity index (χ0v) is 19.2. The van der Waals surface area contributed by atoms with Gasteiger partial charge in [-0.15, -0.1) is 0 Å². The molecular formula is C25H25FN2O6. The van der Waals surface area contributed by atoms with Crippen molar-refractivity contribution in [2.45, 2.75) is 45.4 Å². The Kier molecular flexibility index (Phi) is 5.22. The van der Waals surface area contributed by atoms with E-state index in [0.717, 1.165) is 0 Å². The first-order valence-corrected chi connectivity index (χ1v) is 11.3. The molecular weight excluding hydrogens is 443 g/mol. The van der Waals surface area contributed by atoms with E-state index < -0.39 is 28.4 Å². The average Bonchev–Trinajstić information content (AvgIpc) is 3.21. The summed E-state index contributed by atoms with van der Waals surface area (Å²) in [6.45, 7) is 4.31. The Labute approximate surface area is 194 Å². The van der Waals surface area contributed by atoms with E-state index >= 15 is 0 Å². The van der Waals surface area contributed by atoms with Crippen LogP contribution in [0.3, 0.4) is 0 Å². The van der Waals surface area contributed by atoms with E-state index in [9.17, 15) is 23.9 Å². The van der Waals surface area contributed by atoms with Gasteiger partial charge >= 0.3 is 5.97 Å². The summed E-state index contributed by atoms with van der Waals surface area (Å²) in [5.74, 6) is -1.35. The number of benzene rings is 1. The molecule has 0 saturated heterocycles. The van der Waals surface area contributed by atoms with Gasteiger partial charge in [-0.25, -0.2) is 9.18 Å².